The molecule has 0 bridgehead atoms. The Bertz CT molecular complexity index is 464. The first-order valence-electron chi connectivity index (χ1n) is 5.65. The third-order valence-electron chi connectivity index (χ3n) is 2.28. The molecule has 1 aromatic rings. The van der Waals surface area contributed by atoms with Gasteiger partial charge in [-0.2, -0.15) is 0 Å². The minimum atomic E-state index is -1.14. The first-order chi connectivity index (χ1) is 8.20. The van der Waals surface area contributed by atoms with E-state index in [1.165, 1.54) is 18.3 Å². The molecule has 1 heterocycles. The number of carbonyl (C=O) groups is 2. The number of aromatic carboxylic acids is 1. The highest BCUT2D eigenvalue weighted by molar-refractivity contribution is 5.96. The van der Waals surface area contributed by atoms with E-state index >= 15 is 0 Å². The largest absolute Gasteiger partial charge is 0.477 e. The molecule has 0 radical (unpaired) electrons. The van der Waals surface area contributed by atoms with Gasteiger partial charge in [0.25, 0.3) is 5.91 Å². The Hall–Kier alpha value is -1.91. The number of carboxylic acids is 1. The predicted molar refractivity (Wildman–Crippen MR) is 67.6 cm³/mol. The summed E-state index contributed by atoms with van der Waals surface area (Å²) in [6.07, 6.45) is 1.33. The summed E-state index contributed by atoms with van der Waals surface area (Å²) in [5, 5.41) is 8.83. The topological polar surface area (TPSA) is 70.5 Å². The van der Waals surface area contributed by atoms with Crippen LogP contribution in [0.4, 0.5) is 0 Å². The van der Waals surface area contributed by atoms with Gasteiger partial charge in [-0.25, -0.2) is 9.78 Å². The van der Waals surface area contributed by atoms with Crippen LogP contribution in [0.25, 0.3) is 0 Å². The maximum absolute atomic E-state index is 12.1. The number of rotatable bonds is 3. The second-order valence-corrected chi connectivity index (χ2v) is 5.46. The molecule has 0 fully saturated rings. The number of carbonyl (C=O) groups excluding carboxylic acids is 1. The highest BCUT2D eigenvalue weighted by Crippen LogP contribution is 2.16. The average Bonchev–Trinajstić information content (AvgIpc) is 2.26. The van der Waals surface area contributed by atoms with Crippen LogP contribution < -0.4 is 0 Å². The molecular weight excluding hydrogens is 232 g/mol. The van der Waals surface area contributed by atoms with Crippen LogP contribution in [-0.4, -0.2) is 40.5 Å². The van der Waals surface area contributed by atoms with Crippen LogP contribution in [0.15, 0.2) is 18.3 Å². The van der Waals surface area contributed by atoms with E-state index in [0.29, 0.717) is 12.1 Å². The smallest absolute Gasteiger partial charge is 0.354 e. The number of pyridine rings is 1. The van der Waals surface area contributed by atoms with Gasteiger partial charge in [0.1, 0.15) is 5.69 Å². The molecule has 1 amide bonds. The number of aromatic nitrogens is 1. The summed E-state index contributed by atoms with van der Waals surface area (Å²) < 4.78 is 0. The van der Waals surface area contributed by atoms with Crippen LogP contribution >= 0.6 is 0 Å². The van der Waals surface area contributed by atoms with Crippen molar-refractivity contribution in [3.63, 3.8) is 0 Å². The Kier molecular flexibility index (Phi) is 4.06. The summed E-state index contributed by atoms with van der Waals surface area (Å²) in [6, 6.07) is 2.82. The van der Waals surface area contributed by atoms with E-state index in [1.54, 1.807) is 11.9 Å². The van der Waals surface area contributed by atoms with Crippen molar-refractivity contribution in [2.45, 2.75) is 20.8 Å². The SMILES string of the molecule is CN(CC(C)(C)C)C(=O)c1ccnc(C(=O)O)c1. The van der Waals surface area contributed by atoms with Crippen LogP contribution in [0.1, 0.15) is 41.6 Å². The van der Waals surface area contributed by atoms with Crippen LogP contribution in [0.2, 0.25) is 0 Å². The summed E-state index contributed by atoms with van der Waals surface area (Å²) in [5.41, 5.74) is 0.215. The lowest BCUT2D eigenvalue weighted by atomic mass is 9.96. The van der Waals surface area contributed by atoms with Crippen molar-refractivity contribution in [1.82, 2.24) is 9.88 Å². The van der Waals surface area contributed by atoms with Gasteiger partial charge in [0.2, 0.25) is 0 Å². The van der Waals surface area contributed by atoms with Gasteiger partial charge in [0, 0.05) is 25.4 Å². The normalized spacial score (nSPS) is 11.1. The second kappa shape index (κ2) is 5.16. The minimum Gasteiger partial charge on any atom is -0.477 e. The first kappa shape index (κ1) is 14.2. The van der Waals surface area contributed by atoms with Crippen LogP contribution in [-0.2, 0) is 0 Å². The molecule has 18 heavy (non-hydrogen) atoms. The molecule has 5 nitrogen and oxygen atoms in total. The molecule has 5 heteroatoms. The Labute approximate surface area is 106 Å². The first-order valence-corrected chi connectivity index (χ1v) is 5.65. The highest BCUT2D eigenvalue weighted by atomic mass is 16.4. The van der Waals surface area contributed by atoms with Crippen LogP contribution in [0, 0.1) is 5.41 Å². The zero-order valence-electron chi connectivity index (χ0n) is 11.1. The van der Waals surface area contributed by atoms with Crippen LogP contribution in [0.3, 0.4) is 0 Å². The van der Waals surface area contributed by atoms with Gasteiger partial charge in [-0.1, -0.05) is 20.8 Å². The van der Waals surface area contributed by atoms with E-state index in [4.69, 9.17) is 5.11 Å². The van der Waals surface area contributed by atoms with Crippen molar-refractivity contribution >= 4 is 11.9 Å². The molecule has 0 unspecified atom stereocenters. The van der Waals surface area contributed by atoms with Gasteiger partial charge < -0.3 is 10.0 Å². The molecule has 0 saturated carbocycles. The fourth-order valence-electron chi connectivity index (χ4n) is 1.68. The van der Waals surface area contributed by atoms with Crippen molar-refractivity contribution in [3.05, 3.63) is 29.6 Å². The van der Waals surface area contributed by atoms with Crippen molar-refractivity contribution in [1.29, 1.82) is 0 Å². The molecule has 0 spiro atoms. The Morgan fingerprint density at radius 3 is 2.50 bits per heavy atom. The van der Waals surface area contributed by atoms with E-state index in [0.717, 1.165) is 0 Å². The molecule has 0 aliphatic rings. The number of carboxylic acid groups (broad SMARTS) is 1. The fraction of sp³-hybridized carbons (Fsp3) is 0.462. The third kappa shape index (κ3) is 3.84. The second-order valence-electron chi connectivity index (χ2n) is 5.46. The molecule has 0 aliphatic carbocycles. The Morgan fingerprint density at radius 1 is 1.39 bits per heavy atom. The quantitative estimate of drug-likeness (QED) is 0.889. The summed E-state index contributed by atoms with van der Waals surface area (Å²) in [5.74, 6) is -1.34. The van der Waals surface area contributed by atoms with Gasteiger partial charge in [0.15, 0.2) is 0 Å². The van der Waals surface area contributed by atoms with E-state index in [1.807, 2.05) is 20.8 Å². The Balaban J connectivity index is 2.90. The molecule has 0 atom stereocenters. The van der Waals surface area contributed by atoms with E-state index in [9.17, 15) is 9.59 Å². The maximum atomic E-state index is 12.1. The molecule has 0 aromatic carbocycles. The molecule has 1 rings (SSSR count). The van der Waals surface area contributed by atoms with Crippen molar-refractivity contribution < 1.29 is 14.7 Å². The highest BCUT2D eigenvalue weighted by Gasteiger charge is 2.19. The number of hydrogen-bond donors (Lipinski definition) is 1. The van der Waals surface area contributed by atoms with Gasteiger partial charge in [-0.05, 0) is 17.5 Å². The molecule has 98 valence electrons. The predicted octanol–water partition coefficient (Wildman–Crippen LogP) is 1.90. The lowest BCUT2D eigenvalue weighted by molar-refractivity contribution is 0.0690. The van der Waals surface area contributed by atoms with Crippen molar-refractivity contribution in [2.24, 2.45) is 5.41 Å². The minimum absolute atomic E-state index is 0.00688. The number of amides is 1. The summed E-state index contributed by atoms with van der Waals surface area (Å²) in [6.45, 7) is 6.70. The van der Waals surface area contributed by atoms with E-state index in [-0.39, 0.29) is 17.0 Å². The number of nitrogens with zero attached hydrogens (tertiary/aromatic N) is 2. The third-order valence-corrected chi connectivity index (χ3v) is 2.28. The van der Waals surface area contributed by atoms with Gasteiger partial charge in [-0.3, -0.25) is 4.79 Å². The molecule has 0 saturated heterocycles. The van der Waals surface area contributed by atoms with Crippen LogP contribution in [0.5, 0.6) is 0 Å². The average molecular weight is 250 g/mol. The van der Waals surface area contributed by atoms with E-state index in [2.05, 4.69) is 4.98 Å². The molecular formula is C13H18N2O3. The van der Waals surface area contributed by atoms with Gasteiger partial charge >= 0.3 is 5.97 Å². The molecule has 1 N–H and O–H groups in total. The fourth-order valence-corrected chi connectivity index (χ4v) is 1.68. The molecule has 0 aliphatic heterocycles. The monoisotopic (exact) mass is 250 g/mol. The molecule has 1 aromatic heterocycles. The number of hydrogen-bond acceptors (Lipinski definition) is 3. The lowest BCUT2D eigenvalue weighted by Crippen LogP contribution is -2.34. The zero-order chi connectivity index (χ0) is 13.9. The van der Waals surface area contributed by atoms with Gasteiger partial charge in [0.05, 0.1) is 0 Å². The summed E-state index contributed by atoms with van der Waals surface area (Å²) in [4.78, 5) is 28.2. The summed E-state index contributed by atoms with van der Waals surface area (Å²) >= 11 is 0. The van der Waals surface area contributed by atoms with Gasteiger partial charge in [-0.15, -0.1) is 0 Å². The Morgan fingerprint density at radius 2 is 2.00 bits per heavy atom. The lowest BCUT2D eigenvalue weighted by Gasteiger charge is -2.26. The standard InChI is InChI=1S/C13H18N2O3/c1-13(2,3)8-15(4)11(16)9-5-6-14-10(7-9)12(17)18/h5-7H,8H2,1-4H3,(H,17,18). The van der Waals surface area contributed by atoms with E-state index < -0.39 is 5.97 Å². The summed E-state index contributed by atoms with van der Waals surface area (Å²) in [7, 11) is 1.70. The van der Waals surface area contributed by atoms with Crippen molar-refractivity contribution in [3.8, 4) is 0 Å². The maximum Gasteiger partial charge on any atom is 0.354 e. The zero-order valence-corrected chi connectivity index (χ0v) is 11.1. The van der Waals surface area contributed by atoms with Crippen molar-refractivity contribution in [2.75, 3.05) is 13.6 Å².